The van der Waals surface area contributed by atoms with Gasteiger partial charge in [-0.15, -0.1) is 0 Å². The molecule has 0 atom stereocenters. The number of aromatic hydroxyl groups is 2. The van der Waals surface area contributed by atoms with Crippen LogP contribution in [0.15, 0.2) is 48.5 Å². The van der Waals surface area contributed by atoms with Crippen molar-refractivity contribution in [3.8, 4) is 17.2 Å². The molecule has 1 aliphatic carbocycles. The molecule has 0 saturated heterocycles. The number of benzene rings is 2. The van der Waals surface area contributed by atoms with Gasteiger partial charge in [0, 0.05) is 0 Å². The number of phenolic OH excluding ortho intramolecular Hbond substituents is 2. The molecule has 0 radical (unpaired) electrons. The Labute approximate surface area is 146 Å². The third-order valence-corrected chi connectivity index (χ3v) is 4.53. The Morgan fingerprint density at radius 3 is 2.04 bits per heavy atom. The van der Waals surface area contributed by atoms with Gasteiger partial charge in [-0.05, 0) is 73.6 Å². The maximum atomic E-state index is 11.9. The van der Waals surface area contributed by atoms with E-state index in [2.05, 4.69) is 0 Å². The van der Waals surface area contributed by atoms with Gasteiger partial charge in [0.2, 0.25) is 0 Å². The first-order chi connectivity index (χ1) is 12.1. The fraction of sp³-hybridized carbons (Fsp3) is 0.350. The zero-order valence-electron chi connectivity index (χ0n) is 13.9. The van der Waals surface area contributed by atoms with Crippen LogP contribution in [-0.4, -0.2) is 28.9 Å². The number of esters is 1. The van der Waals surface area contributed by atoms with Crippen LogP contribution in [0.1, 0.15) is 37.2 Å². The lowest BCUT2D eigenvalue weighted by atomic mass is 9.83. The Morgan fingerprint density at radius 2 is 1.44 bits per heavy atom. The maximum Gasteiger partial charge on any atom is 0.344 e. The summed E-state index contributed by atoms with van der Waals surface area (Å²) in [4.78, 5) is 11.9. The van der Waals surface area contributed by atoms with E-state index in [1.165, 1.54) is 17.7 Å². The van der Waals surface area contributed by atoms with Crippen molar-refractivity contribution in [1.29, 1.82) is 0 Å². The van der Waals surface area contributed by atoms with Crippen molar-refractivity contribution < 1.29 is 24.5 Å². The molecule has 1 fully saturated rings. The van der Waals surface area contributed by atoms with Crippen LogP contribution < -0.4 is 4.74 Å². The average Bonchev–Trinajstić information content (AvgIpc) is 2.63. The van der Waals surface area contributed by atoms with Crippen molar-refractivity contribution in [2.45, 2.75) is 37.7 Å². The minimum absolute atomic E-state index is 0.0655. The lowest BCUT2D eigenvalue weighted by molar-refractivity contribution is -0.153. The number of carbonyl (C=O) groups excluding carboxylic acids is 1. The lowest BCUT2D eigenvalue weighted by Crippen LogP contribution is -2.26. The van der Waals surface area contributed by atoms with Gasteiger partial charge in [0.05, 0.1) is 0 Å². The Bertz CT molecular complexity index is 685. The summed E-state index contributed by atoms with van der Waals surface area (Å²) in [5.74, 6) is 1.02. The first kappa shape index (κ1) is 17.1. The van der Waals surface area contributed by atoms with E-state index in [0.717, 1.165) is 25.7 Å². The van der Waals surface area contributed by atoms with E-state index >= 15 is 0 Å². The normalized spacial score (nSPS) is 20.0. The Hall–Kier alpha value is -2.69. The van der Waals surface area contributed by atoms with E-state index in [-0.39, 0.29) is 30.2 Å². The van der Waals surface area contributed by atoms with Gasteiger partial charge in [-0.2, -0.15) is 0 Å². The highest BCUT2D eigenvalue weighted by molar-refractivity contribution is 5.71. The number of rotatable bonds is 5. The minimum Gasteiger partial charge on any atom is -0.508 e. The fourth-order valence-corrected chi connectivity index (χ4v) is 3.17. The summed E-state index contributed by atoms with van der Waals surface area (Å²) in [6, 6.07) is 13.5. The quantitative estimate of drug-likeness (QED) is 0.810. The molecule has 0 amide bonds. The molecule has 1 saturated carbocycles. The summed E-state index contributed by atoms with van der Waals surface area (Å²) in [6.07, 6.45) is 3.51. The second-order valence-electron chi connectivity index (χ2n) is 6.34. The third-order valence-electron chi connectivity index (χ3n) is 4.53. The van der Waals surface area contributed by atoms with Crippen LogP contribution in [-0.2, 0) is 9.53 Å². The molecule has 0 spiro atoms. The standard InChI is InChI=1S/C20H22O5/c21-16-5-1-14(2-6-16)15-3-9-19(10-4-15)25-20(23)13-24-18-11-7-17(22)8-12-18/h1-2,5-8,11-12,15,19,21-22H,3-4,9-10,13H2/t15-,19-. The molecule has 5 heteroatoms. The highest BCUT2D eigenvalue weighted by atomic mass is 16.6. The first-order valence-electron chi connectivity index (χ1n) is 8.50. The van der Waals surface area contributed by atoms with E-state index < -0.39 is 0 Å². The molecular weight excluding hydrogens is 320 g/mol. The first-order valence-corrected chi connectivity index (χ1v) is 8.50. The fourth-order valence-electron chi connectivity index (χ4n) is 3.17. The monoisotopic (exact) mass is 342 g/mol. The summed E-state index contributed by atoms with van der Waals surface area (Å²) in [7, 11) is 0. The van der Waals surface area contributed by atoms with Gasteiger partial charge in [0.25, 0.3) is 0 Å². The largest absolute Gasteiger partial charge is 0.508 e. The van der Waals surface area contributed by atoms with Gasteiger partial charge < -0.3 is 19.7 Å². The van der Waals surface area contributed by atoms with Gasteiger partial charge in [-0.3, -0.25) is 0 Å². The molecule has 0 heterocycles. The smallest absolute Gasteiger partial charge is 0.344 e. The van der Waals surface area contributed by atoms with Gasteiger partial charge in [-0.25, -0.2) is 4.79 Å². The Balaban J connectivity index is 1.41. The van der Waals surface area contributed by atoms with Crippen LogP contribution in [0, 0.1) is 0 Å². The van der Waals surface area contributed by atoms with Crippen molar-refractivity contribution in [2.75, 3.05) is 6.61 Å². The SMILES string of the molecule is O=C(COc1ccc(O)cc1)O[C@H]1CC[C@H](c2ccc(O)cc2)CC1. The van der Waals surface area contributed by atoms with E-state index in [1.807, 2.05) is 12.1 Å². The number of ether oxygens (including phenoxy) is 2. The van der Waals surface area contributed by atoms with Crippen molar-refractivity contribution in [2.24, 2.45) is 0 Å². The Morgan fingerprint density at radius 1 is 0.880 bits per heavy atom. The zero-order chi connectivity index (χ0) is 17.6. The zero-order valence-corrected chi connectivity index (χ0v) is 13.9. The molecule has 5 nitrogen and oxygen atoms in total. The van der Waals surface area contributed by atoms with E-state index in [0.29, 0.717) is 11.7 Å². The molecule has 25 heavy (non-hydrogen) atoms. The molecule has 0 bridgehead atoms. The highest BCUT2D eigenvalue weighted by Gasteiger charge is 2.25. The van der Waals surface area contributed by atoms with E-state index in [1.54, 1.807) is 24.3 Å². The average molecular weight is 342 g/mol. The summed E-state index contributed by atoms with van der Waals surface area (Å²) in [6.45, 7) is -0.136. The van der Waals surface area contributed by atoms with Crippen molar-refractivity contribution >= 4 is 5.97 Å². The topological polar surface area (TPSA) is 76.0 Å². The number of carbonyl (C=O) groups is 1. The molecule has 0 unspecified atom stereocenters. The molecule has 2 aromatic rings. The molecule has 2 aromatic carbocycles. The second-order valence-corrected chi connectivity index (χ2v) is 6.34. The predicted molar refractivity (Wildman–Crippen MR) is 92.8 cm³/mol. The van der Waals surface area contributed by atoms with Gasteiger partial charge >= 0.3 is 5.97 Å². The molecule has 0 aromatic heterocycles. The van der Waals surface area contributed by atoms with Crippen LogP contribution in [0.2, 0.25) is 0 Å². The molecule has 3 rings (SSSR count). The molecule has 132 valence electrons. The second kappa shape index (κ2) is 7.92. The predicted octanol–water partition coefficient (Wildman–Crippen LogP) is 3.75. The van der Waals surface area contributed by atoms with E-state index in [9.17, 15) is 15.0 Å². The summed E-state index contributed by atoms with van der Waals surface area (Å²) >= 11 is 0. The summed E-state index contributed by atoms with van der Waals surface area (Å²) in [5, 5.41) is 18.6. The summed E-state index contributed by atoms with van der Waals surface area (Å²) in [5.41, 5.74) is 1.22. The summed E-state index contributed by atoms with van der Waals surface area (Å²) < 4.78 is 10.8. The number of hydrogen-bond donors (Lipinski definition) is 2. The van der Waals surface area contributed by atoms with Gasteiger partial charge in [-0.1, -0.05) is 12.1 Å². The molecule has 0 aliphatic heterocycles. The van der Waals surface area contributed by atoms with Crippen LogP contribution in [0.5, 0.6) is 17.2 Å². The number of phenols is 2. The van der Waals surface area contributed by atoms with Crippen LogP contribution >= 0.6 is 0 Å². The van der Waals surface area contributed by atoms with E-state index in [4.69, 9.17) is 9.47 Å². The molecular formula is C20H22O5. The van der Waals surface area contributed by atoms with Crippen molar-refractivity contribution in [3.63, 3.8) is 0 Å². The van der Waals surface area contributed by atoms with Crippen LogP contribution in [0.3, 0.4) is 0 Å². The lowest BCUT2D eigenvalue weighted by Gasteiger charge is -2.28. The highest BCUT2D eigenvalue weighted by Crippen LogP contribution is 2.34. The number of hydrogen-bond acceptors (Lipinski definition) is 5. The Kier molecular flexibility index (Phi) is 5.43. The maximum absolute atomic E-state index is 11.9. The molecule has 2 N–H and O–H groups in total. The van der Waals surface area contributed by atoms with Crippen LogP contribution in [0.25, 0.3) is 0 Å². The van der Waals surface area contributed by atoms with Crippen molar-refractivity contribution in [3.05, 3.63) is 54.1 Å². The van der Waals surface area contributed by atoms with Gasteiger partial charge in [0.1, 0.15) is 23.4 Å². The minimum atomic E-state index is -0.374. The van der Waals surface area contributed by atoms with Gasteiger partial charge in [0.15, 0.2) is 6.61 Å². The van der Waals surface area contributed by atoms with Crippen molar-refractivity contribution in [1.82, 2.24) is 0 Å². The van der Waals surface area contributed by atoms with Crippen LogP contribution in [0.4, 0.5) is 0 Å². The molecule has 1 aliphatic rings. The third kappa shape index (κ3) is 4.89.